The van der Waals surface area contributed by atoms with Gasteiger partial charge in [0.1, 0.15) is 11.5 Å². The third kappa shape index (κ3) is 4.49. The number of thioether (sulfide) groups is 1. The molecule has 2 heterocycles. The number of aromatic nitrogens is 2. The molecule has 1 aromatic heterocycles. The lowest BCUT2D eigenvalue weighted by molar-refractivity contribution is -0.113. The fraction of sp³-hybridized carbons (Fsp3) is 0.182. The van der Waals surface area contributed by atoms with Gasteiger partial charge in [-0.3, -0.25) is 9.69 Å². The van der Waals surface area contributed by atoms with Crippen LogP contribution in [0.25, 0.3) is 6.08 Å². The summed E-state index contributed by atoms with van der Waals surface area (Å²) in [6.45, 7) is 2.05. The standard InChI is InChI=1S/C22H19FN4O2S/c1-2-6-19-25-20(29-26-19)14-30-22-24-18(13-15-7-4-3-5-8-15)21(28)27(22)17-11-9-16(23)10-12-17/h3-5,7-13H,2,6,14H2,1H3/b18-13-. The molecular formula is C22H19FN4O2S. The van der Waals surface area contributed by atoms with E-state index in [1.165, 1.54) is 28.8 Å². The lowest BCUT2D eigenvalue weighted by atomic mass is 10.2. The van der Waals surface area contributed by atoms with Crippen LogP contribution in [0.4, 0.5) is 10.1 Å². The number of amides is 1. The van der Waals surface area contributed by atoms with E-state index in [0.717, 1.165) is 18.4 Å². The first kappa shape index (κ1) is 20.0. The van der Waals surface area contributed by atoms with Gasteiger partial charge in [0.15, 0.2) is 11.0 Å². The van der Waals surface area contributed by atoms with Crippen molar-refractivity contribution in [2.24, 2.45) is 4.99 Å². The zero-order valence-electron chi connectivity index (χ0n) is 16.3. The largest absolute Gasteiger partial charge is 0.338 e. The maximum atomic E-state index is 13.4. The average molecular weight is 422 g/mol. The normalized spacial score (nSPS) is 15.1. The summed E-state index contributed by atoms with van der Waals surface area (Å²) in [5.41, 5.74) is 1.72. The monoisotopic (exact) mass is 422 g/mol. The van der Waals surface area contributed by atoms with Crippen molar-refractivity contribution >= 4 is 34.6 Å². The van der Waals surface area contributed by atoms with Crippen molar-refractivity contribution in [1.29, 1.82) is 0 Å². The minimum absolute atomic E-state index is 0.273. The maximum Gasteiger partial charge on any atom is 0.283 e. The molecule has 2 aromatic carbocycles. The SMILES string of the molecule is CCCc1noc(CSC2=N/C(=C\c3ccccc3)C(=O)N2c2ccc(F)cc2)n1. The molecule has 0 bridgehead atoms. The van der Waals surface area contributed by atoms with Crippen LogP contribution in [0.2, 0.25) is 0 Å². The van der Waals surface area contributed by atoms with E-state index < -0.39 is 0 Å². The summed E-state index contributed by atoms with van der Waals surface area (Å²) in [6.07, 6.45) is 3.41. The Kier molecular flexibility index (Phi) is 6.04. The van der Waals surface area contributed by atoms with Crippen LogP contribution in [0.5, 0.6) is 0 Å². The van der Waals surface area contributed by atoms with E-state index >= 15 is 0 Å². The lowest BCUT2D eigenvalue weighted by Crippen LogP contribution is -2.30. The van der Waals surface area contributed by atoms with Crippen molar-refractivity contribution in [2.75, 3.05) is 4.90 Å². The van der Waals surface area contributed by atoms with Gasteiger partial charge in [-0.25, -0.2) is 9.38 Å². The van der Waals surface area contributed by atoms with Gasteiger partial charge >= 0.3 is 0 Å². The molecule has 1 aliphatic heterocycles. The molecule has 0 saturated heterocycles. The summed E-state index contributed by atoms with van der Waals surface area (Å²) in [5.74, 6) is 0.867. The first-order chi connectivity index (χ1) is 14.6. The van der Waals surface area contributed by atoms with Crippen LogP contribution in [-0.2, 0) is 17.0 Å². The number of amidine groups is 1. The molecule has 6 nitrogen and oxygen atoms in total. The molecule has 0 spiro atoms. The van der Waals surface area contributed by atoms with Crippen LogP contribution in [0.3, 0.4) is 0 Å². The van der Waals surface area contributed by atoms with Crippen molar-refractivity contribution in [2.45, 2.75) is 25.5 Å². The van der Waals surface area contributed by atoms with E-state index in [1.807, 2.05) is 37.3 Å². The molecule has 0 radical (unpaired) electrons. The summed E-state index contributed by atoms with van der Waals surface area (Å²) in [5, 5.41) is 4.43. The second-order valence-electron chi connectivity index (χ2n) is 6.59. The van der Waals surface area contributed by atoms with Crippen molar-refractivity contribution in [3.05, 3.63) is 83.4 Å². The first-order valence-electron chi connectivity index (χ1n) is 9.54. The van der Waals surface area contributed by atoms with E-state index in [-0.39, 0.29) is 11.7 Å². The number of benzene rings is 2. The summed E-state index contributed by atoms with van der Waals surface area (Å²) in [6, 6.07) is 15.2. The van der Waals surface area contributed by atoms with E-state index in [4.69, 9.17) is 4.52 Å². The molecule has 1 amide bonds. The van der Waals surface area contributed by atoms with E-state index in [9.17, 15) is 9.18 Å². The predicted octanol–water partition coefficient (Wildman–Crippen LogP) is 4.84. The van der Waals surface area contributed by atoms with Crippen LogP contribution >= 0.6 is 11.8 Å². The molecule has 1 aliphatic rings. The highest BCUT2D eigenvalue weighted by Gasteiger charge is 2.32. The second kappa shape index (κ2) is 9.04. The van der Waals surface area contributed by atoms with E-state index in [0.29, 0.717) is 34.0 Å². The van der Waals surface area contributed by atoms with Gasteiger partial charge in [-0.2, -0.15) is 4.98 Å². The third-order valence-electron chi connectivity index (χ3n) is 4.33. The number of hydrogen-bond acceptors (Lipinski definition) is 6. The summed E-state index contributed by atoms with van der Waals surface area (Å²) >= 11 is 1.32. The topological polar surface area (TPSA) is 71.6 Å². The zero-order valence-corrected chi connectivity index (χ0v) is 17.1. The molecule has 30 heavy (non-hydrogen) atoms. The van der Waals surface area contributed by atoms with Crippen LogP contribution < -0.4 is 4.90 Å². The van der Waals surface area contributed by atoms with Crippen LogP contribution in [0, 0.1) is 5.82 Å². The molecule has 0 N–H and O–H groups in total. The average Bonchev–Trinajstić information content (AvgIpc) is 3.33. The molecule has 0 fully saturated rings. The molecule has 8 heteroatoms. The van der Waals surface area contributed by atoms with Gasteiger partial charge in [0.2, 0.25) is 5.89 Å². The first-order valence-corrected chi connectivity index (χ1v) is 10.5. The summed E-state index contributed by atoms with van der Waals surface area (Å²) < 4.78 is 18.7. The van der Waals surface area contributed by atoms with Gasteiger partial charge in [-0.1, -0.05) is 54.2 Å². The Morgan fingerprint density at radius 1 is 1.13 bits per heavy atom. The fourth-order valence-electron chi connectivity index (χ4n) is 2.92. The number of nitrogens with zero attached hydrogens (tertiary/aromatic N) is 4. The van der Waals surface area contributed by atoms with Gasteiger partial charge in [0.25, 0.3) is 5.91 Å². The highest BCUT2D eigenvalue weighted by molar-refractivity contribution is 8.13. The molecule has 4 rings (SSSR count). The van der Waals surface area contributed by atoms with Crippen molar-refractivity contribution in [3.63, 3.8) is 0 Å². The number of aliphatic imine (C=N–C) groups is 1. The Labute approximate surface area is 177 Å². The minimum atomic E-state index is -0.370. The molecule has 152 valence electrons. The Morgan fingerprint density at radius 3 is 2.63 bits per heavy atom. The molecule has 3 aromatic rings. The zero-order chi connectivity index (χ0) is 20.9. The van der Waals surface area contributed by atoms with Gasteiger partial charge < -0.3 is 4.52 Å². The molecule has 0 saturated carbocycles. The van der Waals surface area contributed by atoms with E-state index in [2.05, 4.69) is 15.1 Å². The smallest absolute Gasteiger partial charge is 0.283 e. The lowest BCUT2D eigenvalue weighted by Gasteiger charge is -2.17. The molecule has 0 unspecified atom stereocenters. The molecular weight excluding hydrogens is 403 g/mol. The van der Waals surface area contributed by atoms with Gasteiger partial charge in [0, 0.05) is 6.42 Å². The Balaban J connectivity index is 1.61. The van der Waals surface area contributed by atoms with E-state index in [1.54, 1.807) is 18.2 Å². The summed E-state index contributed by atoms with van der Waals surface area (Å²) in [7, 11) is 0. The highest BCUT2D eigenvalue weighted by Crippen LogP contribution is 2.30. The number of carbonyl (C=O) groups excluding carboxylic acids is 1. The van der Waals surface area contributed by atoms with Crippen molar-refractivity contribution in [1.82, 2.24) is 10.1 Å². The molecule has 0 aliphatic carbocycles. The van der Waals surface area contributed by atoms with Crippen LogP contribution in [-0.4, -0.2) is 21.2 Å². The van der Waals surface area contributed by atoms with Gasteiger partial charge in [-0.05, 0) is 42.3 Å². The number of aryl methyl sites for hydroxylation is 1. The Morgan fingerprint density at radius 2 is 1.90 bits per heavy atom. The number of hydrogen-bond donors (Lipinski definition) is 0. The van der Waals surface area contributed by atoms with Crippen molar-refractivity contribution in [3.8, 4) is 0 Å². The summed E-state index contributed by atoms with van der Waals surface area (Å²) in [4.78, 5) is 23.5. The fourth-order valence-corrected chi connectivity index (χ4v) is 3.77. The maximum absolute atomic E-state index is 13.4. The minimum Gasteiger partial charge on any atom is -0.338 e. The van der Waals surface area contributed by atoms with Crippen LogP contribution in [0.1, 0.15) is 30.6 Å². The number of anilines is 1. The van der Waals surface area contributed by atoms with Crippen LogP contribution in [0.15, 0.2) is 69.8 Å². The second-order valence-corrected chi connectivity index (χ2v) is 7.54. The van der Waals surface area contributed by atoms with Gasteiger partial charge in [-0.15, -0.1) is 0 Å². The third-order valence-corrected chi connectivity index (χ3v) is 5.25. The van der Waals surface area contributed by atoms with Gasteiger partial charge in [0.05, 0.1) is 11.4 Å². The molecule has 0 atom stereocenters. The number of carbonyl (C=O) groups is 1. The van der Waals surface area contributed by atoms with Crippen molar-refractivity contribution < 1.29 is 13.7 Å². The Hall–Kier alpha value is -3.26. The number of halogens is 1. The Bertz CT molecular complexity index is 1090. The number of rotatable bonds is 6. The quantitative estimate of drug-likeness (QED) is 0.532. The predicted molar refractivity (Wildman–Crippen MR) is 115 cm³/mol. The highest BCUT2D eigenvalue weighted by atomic mass is 32.2.